The van der Waals surface area contributed by atoms with E-state index in [1.54, 1.807) is 23.3 Å². The molecule has 1 unspecified atom stereocenters. The second kappa shape index (κ2) is 7.17. The third-order valence-electron chi connectivity index (χ3n) is 3.34. The molecule has 0 saturated heterocycles. The van der Waals surface area contributed by atoms with Gasteiger partial charge in [-0.3, -0.25) is 4.31 Å². The minimum Gasteiger partial charge on any atom is -0.467 e. The highest BCUT2D eigenvalue weighted by Gasteiger charge is 2.19. The molecule has 1 N–H and O–H groups in total. The number of thiophene rings is 1. The summed E-state index contributed by atoms with van der Waals surface area (Å²) in [6.45, 7) is 3.97. The Hall–Kier alpha value is -1.15. The van der Waals surface area contributed by atoms with Crippen molar-refractivity contribution in [1.29, 1.82) is 0 Å². The zero-order chi connectivity index (χ0) is 16.4. The third kappa shape index (κ3) is 4.03. The lowest BCUT2D eigenvalue weighted by Crippen LogP contribution is -2.18. The van der Waals surface area contributed by atoms with Gasteiger partial charge in [-0.05, 0) is 61.3 Å². The number of hydrogen-bond donors (Lipinski definition) is 1. The Bertz CT molecular complexity index is 730. The minimum atomic E-state index is 0.0541. The normalized spacial score (nSPS) is 16.8. The molecule has 0 amide bonds. The third-order valence-corrected chi connectivity index (χ3v) is 5.99. The first-order valence-electron chi connectivity index (χ1n) is 7.15. The Morgan fingerprint density at radius 1 is 1.43 bits per heavy atom. The van der Waals surface area contributed by atoms with Crippen LogP contribution in [0.2, 0.25) is 0 Å². The fraction of sp³-hybridized carbons (Fsp3) is 0.250. The summed E-state index contributed by atoms with van der Waals surface area (Å²) in [4.78, 5) is 0.824. The summed E-state index contributed by atoms with van der Waals surface area (Å²) >= 11 is 14.0. The van der Waals surface area contributed by atoms with Crippen molar-refractivity contribution in [2.75, 3.05) is 9.62 Å². The first-order valence-corrected chi connectivity index (χ1v) is 9.62. The molecule has 120 valence electrons. The van der Waals surface area contributed by atoms with Crippen molar-refractivity contribution in [2.45, 2.75) is 30.6 Å². The van der Waals surface area contributed by atoms with Gasteiger partial charge in [0.25, 0.3) is 5.17 Å². The molecule has 1 aromatic heterocycles. The van der Waals surface area contributed by atoms with Crippen molar-refractivity contribution < 1.29 is 4.74 Å². The topological polar surface area (TPSA) is 24.5 Å². The summed E-state index contributed by atoms with van der Waals surface area (Å²) in [6.07, 6.45) is 0.864. The van der Waals surface area contributed by atoms with Crippen LogP contribution in [0.25, 0.3) is 0 Å². The number of anilines is 2. The van der Waals surface area contributed by atoms with Crippen LogP contribution in [0, 0.1) is 0 Å². The SMILES string of the molecule is CC(=S)N(Sc1cccs1)c1ccc2c(c1)CC(C)OC(=S)N2. The number of rotatable bonds is 3. The minimum absolute atomic E-state index is 0.0541. The lowest BCUT2D eigenvalue weighted by Gasteiger charge is -2.22. The van der Waals surface area contributed by atoms with Crippen molar-refractivity contribution in [3.8, 4) is 0 Å². The van der Waals surface area contributed by atoms with Crippen molar-refractivity contribution >= 4 is 69.3 Å². The highest BCUT2D eigenvalue weighted by Crippen LogP contribution is 2.35. The summed E-state index contributed by atoms with van der Waals surface area (Å²) in [5.41, 5.74) is 3.26. The van der Waals surface area contributed by atoms with E-state index in [0.29, 0.717) is 5.17 Å². The summed E-state index contributed by atoms with van der Waals surface area (Å²) in [6, 6.07) is 10.4. The van der Waals surface area contributed by atoms with Crippen LogP contribution >= 0.6 is 47.7 Å². The largest absolute Gasteiger partial charge is 0.467 e. The lowest BCUT2D eigenvalue weighted by atomic mass is 10.1. The van der Waals surface area contributed by atoms with Gasteiger partial charge in [0.1, 0.15) is 6.10 Å². The average molecular weight is 381 g/mol. The Balaban J connectivity index is 1.92. The second-order valence-corrected chi connectivity index (χ2v) is 8.38. The Morgan fingerprint density at radius 2 is 2.26 bits per heavy atom. The fourth-order valence-corrected chi connectivity index (χ4v) is 4.54. The average Bonchev–Trinajstić information content (AvgIpc) is 2.94. The zero-order valence-electron chi connectivity index (χ0n) is 12.7. The van der Waals surface area contributed by atoms with Crippen LogP contribution < -0.4 is 9.62 Å². The van der Waals surface area contributed by atoms with Crippen LogP contribution in [0.4, 0.5) is 11.4 Å². The van der Waals surface area contributed by atoms with E-state index < -0.39 is 0 Å². The van der Waals surface area contributed by atoms with E-state index in [1.165, 1.54) is 9.77 Å². The molecule has 1 atom stereocenters. The predicted octanol–water partition coefficient (Wildman–Crippen LogP) is 5.27. The second-order valence-electron chi connectivity index (χ2n) is 5.22. The van der Waals surface area contributed by atoms with Crippen molar-refractivity contribution in [1.82, 2.24) is 0 Å². The van der Waals surface area contributed by atoms with Crippen molar-refractivity contribution in [2.24, 2.45) is 0 Å². The van der Waals surface area contributed by atoms with Crippen LogP contribution in [0.1, 0.15) is 19.4 Å². The van der Waals surface area contributed by atoms with E-state index in [1.807, 2.05) is 26.0 Å². The van der Waals surface area contributed by atoms with Crippen LogP contribution in [0.3, 0.4) is 0 Å². The van der Waals surface area contributed by atoms with Crippen molar-refractivity contribution in [3.05, 3.63) is 41.3 Å². The number of ether oxygens (including phenoxy) is 1. The van der Waals surface area contributed by atoms with Gasteiger partial charge in [-0.25, -0.2) is 0 Å². The van der Waals surface area contributed by atoms with E-state index >= 15 is 0 Å². The standard InChI is InChI=1S/C16H16N2OS4/c1-10-8-12-9-13(5-6-14(12)17-16(21)19-10)18(11(2)20)23-15-4-3-7-22-15/h3-7,9-10H,8H2,1-2H3,(H,17,21). The van der Waals surface area contributed by atoms with Crippen LogP contribution in [-0.2, 0) is 11.2 Å². The molecule has 7 heteroatoms. The number of nitrogens with one attached hydrogen (secondary N) is 1. The number of nitrogens with zero attached hydrogens (tertiary/aromatic N) is 1. The molecule has 0 spiro atoms. The fourth-order valence-electron chi connectivity index (χ4n) is 2.37. The van der Waals surface area contributed by atoms with E-state index in [9.17, 15) is 0 Å². The van der Waals surface area contributed by atoms with Gasteiger partial charge in [0.15, 0.2) is 0 Å². The van der Waals surface area contributed by atoms with E-state index in [-0.39, 0.29) is 6.10 Å². The quantitative estimate of drug-likeness (QED) is 0.575. The molecule has 3 nitrogen and oxygen atoms in total. The predicted molar refractivity (Wildman–Crippen MR) is 108 cm³/mol. The van der Waals surface area contributed by atoms with Gasteiger partial charge >= 0.3 is 0 Å². The van der Waals surface area contributed by atoms with Gasteiger partial charge in [0.05, 0.1) is 14.9 Å². The lowest BCUT2D eigenvalue weighted by molar-refractivity contribution is 0.217. The maximum absolute atomic E-state index is 5.60. The van der Waals surface area contributed by atoms with Crippen LogP contribution in [0.5, 0.6) is 0 Å². The van der Waals surface area contributed by atoms with Gasteiger partial charge < -0.3 is 10.1 Å². The molecule has 1 aromatic carbocycles. The molecule has 3 rings (SSSR count). The molecule has 0 fully saturated rings. The van der Waals surface area contributed by atoms with E-state index in [4.69, 9.17) is 29.2 Å². The zero-order valence-corrected chi connectivity index (χ0v) is 16.0. The van der Waals surface area contributed by atoms with Gasteiger partial charge in [-0.1, -0.05) is 18.3 Å². The Kier molecular flexibility index (Phi) is 5.21. The summed E-state index contributed by atoms with van der Waals surface area (Å²) in [5.74, 6) is 0. The van der Waals surface area contributed by atoms with Crippen LogP contribution in [0.15, 0.2) is 39.9 Å². The first-order chi connectivity index (χ1) is 11.0. The molecule has 0 saturated carbocycles. The van der Waals surface area contributed by atoms with Crippen LogP contribution in [-0.4, -0.2) is 16.3 Å². The molecule has 0 bridgehead atoms. The number of fused-ring (bicyclic) bond motifs is 1. The molecule has 23 heavy (non-hydrogen) atoms. The van der Waals surface area contributed by atoms with E-state index in [2.05, 4.69) is 33.2 Å². The Morgan fingerprint density at radius 3 is 2.96 bits per heavy atom. The molecule has 1 aliphatic rings. The number of hydrogen-bond acceptors (Lipinski definition) is 5. The highest BCUT2D eigenvalue weighted by molar-refractivity contribution is 8.04. The summed E-state index contributed by atoms with van der Waals surface area (Å²) in [5, 5.41) is 5.65. The van der Waals surface area contributed by atoms with Gasteiger partial charge in [0, 0.05) is 24.1 Å². The smallest absolute Gasteiger partial charge is 0.261 e. The molecule has 1 aliphatic heterocycles. The number of benzene rings is 1. The van der Waals surface area contributed by atoms with E-state index in [0.717, 1.165) is 22.8 Å². The number of thiocarbonyl (C=S) groups is 2. The molecule has 2 aromatic rings. The highest BCUT2D eigenvalue weighted by atomic mass is 32.2. The summed E-state index contributed by atoms with van der Waals surface area (Å²) < 4.78 is 8.89. The monoisotopic (exact) mass is 380 g/mol. The Labute approximate surface area is 155 Å². The maximum Gasteiger partial charge on any atom is 0.261 e. The van der Waals surface area contributed by atoms with Gasteiger partial charge in [0.2, 0.25) is 0 Å². The molecular formula is C16H16N2OS4. The first kappa shape index (κ1) is 16.7. The van der Waals surface area contributed by atoms with Gasteiger partial charge in [-0.2, -0.15) is 0 Å². The molecular weight excluding hydrogens is 364 g/mol. The molecule has 0 radical (unpaired) electrons. The summed E-state index contributed by atoms with van der Waals surface area (Å²) in [7, 11) is 0. The van der Waals surface area contributed by atoms with Crippen molar-refractivity contribution in [3.63, 3.8) is 0 Å². The molecule has 2 heterocycles. The maximum atomic E-state index is 5.60. The molecule has 0 aliphatic carbocycles. The van der Waals surface area contributed by atoms with Gasteiger partial charge in [-0.15, -0.1) is 11.3 Å².